The Hall–Kier alpha value is -1.12. The predicted octanol–water partition coefficient (Wildman–Crippen LogP) is 1.29. The second kappa shape index (κ2) is 4.19. The molecule has 1 fully saturated rings. The molecule has 0 bridgehead atoms. The molecule has 2 N–H and O–H groups in total. The Kier molecular flexibility index (Phi) is 3.15. The van der Waals surface area contributed by atoms with E-state index in [0.717, 1.165) is 11.3 Å². The number of carbonyl (C=O) groups is 1. The number of ether oxygens (including phenoxy) is 1. The standard InChI is InChI=1S/C11H15NO5S2/c1-10(2)6-11(10,9(13)14)12-19(15,16)7-4-5-18-8(7)17-3/h4-5,12H,6H2,1-3H3,(H,13,14). The Morgan fingerprint density at radius 3 is 2.53 bits per heavy atom. The lowest BCUT2D eigenvalue weighted by Crippen LogP contribution is -2.46. The van der Waals surface area contributed by atoms with Gasteiger partial charge in [-0.25, -0.2) is 8.42 Å². The lowest BCUT2D eigenvalue weighted by atomic mass is 10.1. The highest BCUT2D eigenvalue weighted by Gasteiger charge is 2.69. The number of carboxylic acid groups (broad SMARTS) is 1. The molecular formula is C11H15NO5S2. The smallest absolute Gasteiger partial charge is 0.325 e. The fraction of sp³-hybridized carbons (Fsp3) is 0.545. The van der Waals surface area contributed by atoms with E-state index in [0.29, 0.717) is 0 Å². The molecule has 8 heteroatoms. The van der Waals surface area contributed by atoms with E-state index in [9.17, 15) is 18.3 Å². The number of carboxylic acids is 1. The van der Waals surface area contributed by atoms with Gasteiger partial charge < -0.3 is 9.84 Å². The van der Waals surface area contributed by atoms with Gasteiger partial charge in [0, 0.05) is 0 Å². The third-order valence-corrected chi connectivity index (χ3v) is 6.00. The summed E-state index contributed by atoms with van der Waals surface area (Å²) in [7, 11) is -2.54. The average Bonchev–Trinajstić information content (AvgIpc) is 2.69. The van der Waals surface area contributed by atoms with Crippen molar-refractivity contribution >= 4 is 27.3 Å². The fourth-order valence-electron chi connectivity index (χ4n) is 2.12. The van der Waals surface area contributed by atoms with Gasteiger partial charge in [0.25, 0.3) is 0 Å². The number of thiophene rings is 1. The Labute approximate surface area is 115 Å². The third kappa shape index (κ3) is 2.13. The highest BCUT2D eigenvalue weighted by atomic mass is 32.2. The number of hydrogen-bond donors (Lipinski definition) is 2. The quantitative estimate of drug-likeness (QED) is 0.855. The van der Waals surface area contributed by atoms with Gasteiger partial charge in [0.15, 0.2) is 5.06 Å². The van der Waals surface area contributed by atoms with Crippen LogP contribution in [0.25, 0.3) is 0 Å². The molecule has 2 rings (SSSR count). The summed E-state index contributed by atoms with van der Waals surface area (Å²) in [6, 6.07) is 1.40. The van der Waals surface area contributed by atoms with Gasteiger partial charge in [-0.15, -0.1) is 11.3 Å². The van der Waals surface area contributed by atoms with E-state index in [1.807, 2.05) is 0 Å². The van der Waals surface area contributed by atoms with Crippen molar-refractivity contribution in [1.82, 2.24) is 4.72 Å². The van der Waals surface area contributed by atoms with Gasteiger partial charge in [0.1, 0.15) is 10.4 Å². The summed E-state index contributed by atoms with van der Waals surface area (Å²) < 4.78 is 31.8. The molecule has 1 atom stereocenters. The highest BCUT2D eigenvalue weighted by molar-refractivity contribution is 7.89. The van der Waals surface area contributed by atoms with Gasteiger partial charge in [-0.05, 0) is 23.3 Å². The molecule has 1 aliphatic carbocycles. The number of methoxy groups -OCH3 is 1. The van der Waals surface area contributed by atoms with E-state index in [4.69, 9.17) is 4.74 Å². The van der Waals surface area contributed by atoms with Crippen molar-refractivity contribution in [3.05, 3.63) is 11.4 Å². The van der Waals surface area contributed by atoms with Gasteiger partial charge >= 0.3 is 5.97 Å². The molecular weight excluding hydrogens is 290 g/mol. The molecule has 1 saturated carbocycles. The maximum Gasteiger partial charge on any atom is 0.325 e. The molecule has 0 amide bonds. The SMILES string of the molecule is COc1sccc1S(=O)(=O)NC1(C(=O)O)CC1(C)C. The minimum atomic E-state index is -3.92. The first-order chi connectivity index (χ1) is 8.66. The fourth-order valence-corrected chi connectivity index (χ4v) is 4.84. The van der Waals surface area contributed by atoms with Crippen LogP contribution < -0.4 is 9.46 Å². The molecule has 0 radical (unpaired) electrons. The van der Waals surface area contributed by atoms with Crippen LogP contribution in [-0.2, 0) is 14.8 Å². The molecule has 0 aromatic carbocycles. The molecule has 0 spiro atoms. The molecule has 106 valence electrons. The first-order valence-corrected chi connectivity index (χ1v) is 7.91. The summed E-state index contributed by atoms with van der Waals surface area (Å²) in [4.78, 5) is 11.3. The second-order valence-corrected chi connectivity index (χ2v) is 7.68. The summed E-state index contributed by atoms with van der Waals surface area (Å²) in [6.45, 7) is 3.43. The lowest BCUT2D eigenvalue weighted by Gasteiger charge is -2.17. The second-order valence-electron chi connectivity index (χ2n) is 5.15. The minimum absolute atomic E-state index is 0.0247. The van der Waals surface area contributed by atoms with Gasteiger partial charge in [-0.2, -0.15) is 4.72 Å². The van der Waals surface area contributed by atoms with E-state index < -0.39 is 26.9 Å². The maximum atomic E-state index is 12.3. The van der Waals surface area contributed by atoms with E-state index in [1.165, 1.54) is 13.2 Å². The summed E-state index contributed by atoms with van der Waals surface area (Å²) >= 11 is 1.14. The molecule has 1 aromatic rings. The molecule has 1 unspecified atom stereocenters. The largest absolute Gasteiger partial charge is 0.486 e. The zero-order valence-corrected chi connectivity index (χ0v) is 12.4. The van der Waals surface area contributed by atoms with E-state index in [2.05, 4.69) is 4.72 Å². The van der Waals surface area contributed by atoms with Crippen molar-refractivity contribution in [2.24, 2.45) is 5.41 Å². The van der Waals surface area contributed by atoms with Crippen molar-refractivity contribution in [2.75, 3.05) is 7.11 Å². The number of sulfonamides is 1. The van der Waals surface area contributed by atoms with E-state index in [1.54, 1.807) is 19.2 Å². The van der Waals surface area contributed by atoms with Gasteiger partial charge in [-0.1, -0.05) is 13.8 Å². The van der Waals surface area contributed by atoms with Crippen LogP contribution in [0.2, 0.25) is 0 Å². The van der Waals surface area contributed by atoms with Gasteiger partial charge in [0.05, 0.1) is 7.11 Å². The monoisotopic (exact) mass is 305 g/mol. The van der Waals surface area contributed by atoms with Crippen molar-refractivity contribution in [2.45, 2.75) is 30.7 Å². The van der Waals surface area contributed by atoms with Crippen LogP contribution in [0.3, 0.4) is 0 Å². The van der Waals surface area contributed by atoms with Crippen LogP contribution in [0.15, 0.2) is 16.3 Å². The normalized spacial score (nSPS) is 25.0. The first kappa shape index (κ1) is 14.3. The number of rotatable bonds is 5. The maximum absolute atomic E-state index is 12.3. The van der Waals surface area contributed by atoms with Crippen molar-refractivity contribution in [1.29, 1.82) is 0 Å². The van der Waals surface area contributed by atoms with E-state index >= 15 is 0 Å². The van der Waals surface area contributed by atoms with Crippen LogP contribution in [-0.4, -0.2) is 32.1 Å². The third-order valence-electron chi connectivity index (χ3n) is 3.48. The number of aliphatic carboxylic acids is 1. The van der Waals surface area contributed by atoms with Crippen molar-refractivity contribution < 1.29 is 23.1 Å². The van der Waals surface area contributed by atoms with Crippen LogP contribution in [0, 0.1) is 5.41 Å². The Balaban J connectivity index is 2.36. The topological polar surface area (TPSA) is 92.7 Å². The van der Waals surface area contributed by atoms with Crippen LogP contribution in [0.1, 0.15) is 20.3 Å². The molecule has 19 heavy (non-hydrogen) atoms. The minimum Gasteiger partial charge on any atom is -0.486 e. The Bertz CT molecular complexity index is 619. The van der Waals surface area contributed by atoms with Crippen LogP contribution in [0.5, 0.6) is 5.06 Å². The van der Waals surface area contributed by atoms with Crippen LogP contribution >= 0.6 is 11.3 Å². The zero-order chi connectivity index (χ0) is 14.5. The summed E-state index contributed by atoms with van der Waals surface area (Å²) in [5, 5.41) is 11.1. The van der Waals surface area contributed by atoms with Crippen molar-refractivity contribution in [3.63, 3.8) is 0 Å². The van der Waals surface area contributed by atoms with Gasteiger partial charge in [0.2, 0.25) is 10.0 Å². The van der Waals surface area contributed by atoms with E-state index in [-0.39, 0.29) is 16.4 Å². The summed E-state index contributed by atoms with van der Waals surface area (Å²) in [5.74, 6) is -1.16. The number of hydrogen-bond acceptors (Lipinski definition) is 5. The summed E-state index contributed by atoms with van der Waals surface area (Å²) in [5.41, 5.74) is -2.03. The average molecular weight is 305 g/mol. The summed E-state index contributed by atoms with van der Waals surface area (Å²) in [6.07, 6.45) is 0.265. The highest BCUT2D eigenvalue weighted by Crippen LogP contribution is 2.56. The predicted molar refractivity (Wildman–Crippen MR) is 70.0 cm³/mol. The molecule has 0 aliphatic heterocycles. The Morgan fingerprint density at radius 1 is 1.53 bits per heavy atom. The molecule has 6 nitrogen and oxygen atoms in total. The Morgan fingerprint density at radius 2 is 2.11 bits per heavy atom. The molecule has 0 saturated heterocycles. The van der Waals surface area contributed by atoms with Crippen LogP contribution in [0.4, 0.5) is 0 Å². The van der Waals surface area contributed by atoms with Gasteiger partial charge in [-0.3, -0.25) is 4.79 Å². The van der Waals surface area contributed by atoms with Crippen molar-refractivity contribution in [3.8, 4) is 5.06 Å². The zero-order valence-electron chi connectivity index (χ0n) is 10.8. The number of nitrogens with one attached hydrogen (secondary N) is 1. The first-order valence-electron chi connectivity index (χ1n) is 5.55. The lowest BCUT2D eigenvalue weighted by molar-refractivity contribution is -0.141. The molecule has 1 aromatic heterocycles. The molecule has 1 heterocycles. The molecule has 1 aliphatic rings.